The van der Waals surface area contributed by atoms with E-state index in [4.69, 9.17) is 4.74 Å². The number of nitrogens with one attached hydrogen (secondary N) is 1. The van der Waals surface area contributed by atoms with Gasteiger partial charge in [0.25, 0.3) is 0 Å². The molecule has 96 valence electrons. The van der Waals surface area contributed by atoms with E-state index in [2.05, 4.69) is 5.32 Å². The van der Waals surface area contributed by atoms with Crippen LogP contribution >= 0.6 is 0 Å². The molecule has 0 bridgehead atoms. The minimum absolute atomic E-state index is 0.336. The molecule has 0 aromatic heterocycles. The summed E-state index contributed by atoms with van der Waals surface area (Å²) in [5.74, 6) is 0.396. The standard InChI is InChI=1S/C12H16F3NO/c1-11(2,3)16-9-7-8(12(13,14)15)5-6-10(9)17-4/h5-7,16H,1-4H3. The predicted octanol–water partition coefficient (Wildman–Crippen LogP) is 3.92. The van der Waals surface area contributed by atoms with Gasteiger partial charge in [0.1, 0.15) is 5.75 Å². The molecule has 0 spiro atoms. The lowest BCUT2D eigenvalue weighted by Gasteiger charge is -2.24. The number of halogens is 3. The van der Waals surface area contributed by atoms with Gasteiger partial charge in [0, 0.05) is 5.54 Å². The van der Waals surface area contributed by atoms with Crippen molar-refractivity contribution >= 4 is 5.69 Å². The van der Waals surface area contributed by atoms with E-state index < -0.39 is 11.7 Å². The van der Waals surface area contributed by atoms with Crippen molar-refractivity contribution in [1.82, 2.24) is 0 Å². The van der Waals surface area contributed by atoms with Crippen molar-refractivity contribution in [3.8, 4) is 5.75 Å². The number of methoxy groups -OCH3 is 1. The van der Waals surface area contributed by atoms with Crippen LogP contribution in [0.1, 0.15) is 26.3 Å². The molecule has 0 atom stereocenters. The van der Waals surface area contributed by atoms with Gasteiger partial charge < -0.3 is 10.1 Å². The summed E-state index contributed by atoms with van der Waals surface area (Å²) >= 11 is 0. The van der Waals surface area contributed by atoms with Crippen molar-refractivity contribution < 1.29 is 17.9 Å². The van der Waals surface area contributed by atoms with Crippen LogP contribution in [0.15, 0.2) is 18.2 Å². The van der Waals surface area contributed by atoms with Gasteiger partial charge in [-0.15, -0.1) is 0 Å². The molecule has 17 heavy (non-hydrogen) atoms. The highest BCUT2D eigenvalue weighted by molar-refractivity contribution is 5.59. The van der Waals surface area contributed by atoms with Crippen LogP contribution in [0.3, 0.4) is 0 Å². The van der Waals surface area contributed by atoms with Crippen molar-refractivity contribution in [3.05, 3.63) is 23.8 Å². The molecular weight excluding hydrogens is 231 g/mol. The van der Waals surface area contributed by atoms with Crippen LogP contribution in [-0.4, -0.2) is 12.6 Å². The third kappa shape index (κ3) is 3.84. The molecule has 5 heteroatoms. The van der Waals surface area contributed by atoms with Gasteiger partial charge >= 0.3 is 6.18 Å². The Kier molecular flexibility index (Phi) is 3.59. The van der Waals surface area contributed by atoms with Crippen LogP contribution in [0.5, 0.6) is 5.75 Å². The quantitative estimate of drug-likeness (QED) is 0.855. The molecule has 1 aromatic rings. The minimum atomic E-state index is -4.35. The van der Waals surface area contributed by atoms with Gasteiger partial charge in [-0.1, -0.05) is 0 Å². The fourth-order valence-electron chi connectivity index (χ4n) is 1.39. The molecule has 0 radical (unpaired) electrons. The van der Waals surface area contributed by atoms with E-state index in [0.717, 1.165) is 12.1 Å². The zero-order chi connectivity index (χ0) is 13.3. The Hall–Kier alpha value is -1.39. The van der Waals surface area contributed by atoms with Crippen LogP contribution in [0, 0.1) is 0 Å². The van der Waals surface area contributed by atoms with Gasteiger partial charge in [-0.25, -0.2) is 0 Å². The van der Waals surface area contributed by atoms with Crippen LogP contribution in [-0.2, 0) is 6.18 Å². The van der Waals surface area contributed by atoms with Crippen molar-refractivity contribution in [2.75, 3.05) is 12.4 Å². The normalized spacial score (nSPS) is 12.4. The van der Waals surface area contributed by atoms with Crippen molar-refractivity contribution in [2.45, 2.75) is 32.5 Å². The molecular formula is C12H16F3NO. The lowest BCUT2D eigenvalue weighted by Crippen LogP contribution is -2.26. The van der Waals surface area contributed by atoms with Crippen LogP contribution < -0.4 is 10.1 Å². The Balaban J connectivity index is 3.16. The zero-order valence-electron chi connectivity index (χ0n) is 10.3. The van der Waals surface area contributed by atoms with Gasteiger partial charge in [-0.05, 0) is 39.0 Å². The molecule has 0 unspecified atom stereocenters. The molecule has 0 heterocycles. The average Bonchev–Trinajstić information content (AvgIpc) is 2.13. The largest absolute Gasteiger partial charge is 0.495 e. The van der Waals surface area contributed by atoms with Crippen molar-refractivity contribution in [1.29, 1.82) is 0 Å². The van der Waals surface area contributed by atoms with Crippen LogP contribution in [0.25, 0.3) is 0 Å². The summed E-state index contributed by atoms with van der Waals surface area (Å²) in [6.45, 7) is 5.60. The average molecular weight is 247 g/mol. The summed E-state index contributed by atoms with van der Waals surface area (Å²) in [6, 6.07) is 3.38. The van der Waals surface area contributed by atoms with E-state index in [0.29, 0.717) is 11.4 Å². The number of rotatable bonds is 2. The highest BCUT2D eigenvalue weighted by atomic mass is 19.4. The first kappa shape index (κ1) is 13.7. The van der Waals surface area contributed by atoms with E-state index in [1.165, 1.54) is 13.2 Å². The molecule has 0 aliphatic heterocycles. The Bertz CT molecular complexity index is 394. The number of anilines is 1. The summed E-state index contributed by atoms with van der Waals surface area (Å²) in [6.07, 6.45) is -4.35. The predicted molar refractivity (Wildman–Crippen MR) is 61.4 cm³/mol. The molecule has 1 N–H and O–H groups in total. The maximum Gasteiger partial charge on any atom is 0.416 e. The Labute approximate surface area is 98.8 Å². The number of hydrogen-bond donors (Lipinski definition) is 1. The smallest absolute Gasteiger partial charge is 0.416 e. The topological polar surface area (TPSA) is 21.3 Å². The van der Waals surface area contributed by atoms with Gasteiger partial charge in [-0.2, -0.15) is 13.2 Å². The first-order valence-electron chi connectivity index (χ1n) is 5.17. The van der Waals surface area contributed by atoms with Crippen LogP contribution in [0.2, 0.25) is 0 Å². The summed E-state index contributed by atoms with van der Waals surface area (Å²) in [7, 11) is 1.43. The SMILES string of the molecule is COc1ccc(C(F)(F)F)cc1NC(C)(C)C. The molecule has 0 aliphatic rings. The van der Waals surface area contributed by atoms with Gasteiger partial charge in [-0.3, -0.25) is 0 Å². The lowest BCUT2D eigenvalue weighted by molar-refractivity contribution is -0.137. The number of alkyl halides is 3. The fraction of sp³-hybridized carbons (Fsp3) is 0.500. The molecule has 0 aliphatic carbocycles. The second-order valence-electron chi connectivity index (χ2n) is 4.79. The van der Waals surface area contributed by atoms with Gasteiger partial charge in [0.2, 0.25) is 0 Å². The minimum Gasteiger partial charge on any atom is -0.495 e. The molecule has 0 saturated heterocycles. The third-order valence-corrected chi connectivity index (χ3v) is 2.04. The van der Waals surface area contributed by atoms with E-state index >= 15 is 0 Å². The molecule has 2 nitrogen and oxygen atoms in total. The first-order valence-corrected chi connectivity index (χ1v) is 5.17. The summed E-state index contributed by atoms with van der Waals surface area (Å²) in [5, 5.41) is 2.99. The number of ether oxygens (including phenoxy) is 1. The Morgan fingerprint density at radius 1 is 1.12 bits per heavy atom. The van der Waals surface area contributed by atoms with E-state index in [1.54, 1.807) is 0 Å². The van der Waals surface area contributed by atoms with E-state index in [1.807, 2.05) is 20.8 Å². The number of benzene rings is 1. The third-order valence-electron chi connectivity index (χ3n) is 2.04. The summed E-state index contributed by atoms with van der Waals surface area (Å²) in [5.41, 5.74) is -0.683. The number of hydrogen-bond acceptors (Lipinski definition) is 2. The monoisotopic (exact) mass is 247 g/mol. The summed E-state index contributed by atoms with van der Waals surface area (Å²) in [4.78, 5) is 0. The van der Waals surface area contributed by atoms with Crippen molar-refractivity contribution in [3.63, 3.8) is 0 Å². The van der Waals surface area contributed by atoms with Gasteiger partial charge in [0.05, 0.1) is 18.4 Å². The lowest BCUT2D eigenvalue weighted by atomic mass is 10.1. The molecule has 1 aromatic carbocycles. The fourth-order valence-corrected chi connectivity index (χ4v) is 1.39. The maximum atomic E-state index is 12.6. The van der Waals surface area contributed by atoms with Crippen LogP contribution in [0.4, 0.5) is 18.9 Å². The molecule has 0 amide bonds. The first-order chi connectivity index (χ1) is 7.63. The van der Waals surface area contributed by atoms with E-state index in [9.17, 15) is 13.2 Å². The molecule has 0 saturated carbocycles. The molecule has 0 fully saturated rings. The zero-order valence-corrected chi connectivity index (χ0v) is 10.3. The highest BCUT2D eigenvalue weighted by Gasteiger charge is 2.31. The maximum absolute atomic E-state index is 12.6. The highest BCUT2D eigenvalue weighted by Crippen LogP contribution is 2.35. The van der Waals surface area contributed by atoms with Gasteiger partial charge in [0.15, 0.2) is 0 Å². The Morgan fingerprint density at radius 3 is 2.12 bits per heavy atom. The second-order valence-corrected chi connectivity index (χ2v) is 4.79. The summed E-state index contributed by atoms with van der Waals surface area (Å²) < 4.78 is 42.7. The second kappa shape index (κ2) is 4.47. The Morgan fingerprint density at radius 2 is 1.71 bits per heavy atom. The van der Waals surface area contributed by atoms with E-state index in [-0.39, 0.29) is 5.54 Å². The molecule has 1 rings (SSSR count). The van der Waals surface area contributed by atoms with Crippen molar-refractivity contribution in [2.24, 2.45) is 0 Å².